The van der Waals surface area contributed by atoms with E-state index in [4.69, 9.17) is 9.47 Å². The Hall–Kier alpha value is -1.68. The molecule has 0 saturated heterocycles. The van der Waals surface area contributed by atoms with E-state index in [2.05, 4.69) is 11.9 Å². The van der Waals surface area contributed by atoms with Crippen molar-refractivity contribution in [2.24, 2.45) is 0 Å². The van der Waals surface area contributed by atoms with Gasteiger partial charge in [-0.1, -0.05) is 12.6 Å². The van der Waals surface area contributed by atoms with Crippen LogP contribution in [0.4, 0.5) is 0 Å². The molecule has 2 N–H and O–H groups in total. The van der Waals surface area contributed by atoms with Gasteiger partial charge in [0.1, 0.15) is 11.5 Å². The van der Waals surface area contributed by atoms with Gasteiger partial charge in [0, 0.05) is 18.2 Å². The van der Waals surface area contributed by atoms with Gasteiger partial charge in [-0.3, -0.25) is 0 Å². The number of ether oxygens (including phenoxy) is 2. The Morgan fingerprint density at radius 2 is 2.29 bits per heavy atom. The topological polar surface area (TPSA) is 50.7 Å². The molecule has 4 nitrogen and oxygen atoms in total. The first-order valence-corrected chi connectivity index (χ1v) is 5.57. The monoisotopic (exact) mass is 237 g/mol. The lowest BCUT2D eigenvalue weighted by atomic mass is 10.2. The summed E-state index contributed by atoms with van der Waals surface area (Å²) in [7, 11) is 1.58. The first-order chi connectivity index (χ1) is 8.27. The summed E-state index contributed by atoms with van der Waals surface area (Å²) >= 11 is 0. The van der Waals surface area contributed by atoms with Crippen LogP contribution in [0.15, 0.2) is 31.0 Å². The first kappa shape index (κ1) is 13.4. The second-order valence-electron chi connectivity index (χ2n) is 3.56. The van der Waals surface area contributed by atoms with Crippen molar-refractivity contribution in [2.45, 2.75) is 13.0 Å². The largest absolute Gasteiger partial charge is 0.507 e. The molecule has 0 amide bonds. The molecule has 0 bridgehead atoms. The molecule has 0 aliphatic heterocycles. The zero-order valence-corrected chi connectivity index (χ0v) is 10.1. The average molecular weight is 237 g/mol. The third-order valence-corrected chi connectivity index (χ3v) is 2.34. The summed E-state index contributed by atoms with van der Waals surface area (Å²) in [5.74, 6) is 0.907. The van der Waals surface area contributed by atoms with E-state index in [1.165, 1.54) is 6.26 Å². The van der Waals surface area contributed by atoms with Gasteiger partial charge in [-0.25, -0.2) is 0 Å². The predicted molar refractivity (Wildman–Crippen MR) is 67.1 cm³/mol. The second kappa shape index (κ2) is 7.57. The molecule has 1 rings (SSSR count). The van der Waals surface area contributed by atoms with Crippen LogP contribution >= 0.6 is 0 Å². The Morgan fingerprint density at radius 1 is 1.47 bits per heavy atom. The zero-order chi connectivity index (χ0) is 12.5. The van der Waals surface area contributed by atoms with Crippen LogP contribution in [0.1, 0.15) is 12.0 Å². The van der Waals surface area contributed by atoms with Crippen molar-refractivity contribution in [1.82, 2.24) is 5.32 Å². The lowest BCUT2D eigenvalue weighted by Gasteiger charge is -2.08. The molecule has 0 aliphatic rings. The molecule has 94 valence electrons. The van der Waals surface area contributed by atoms with Gasteiger partial charge in [-0.2, -0.15) is 0 Å². The number of aromatic hydroxyl groups is 1. The van der Waals surface area contributed by atoms with Gasteiger partial charge in [-0.15, -0.1) is 0 Å². The number of phenols is 1. The third-order valence-electron chi connectivity index (χ3n) is 2.34. The highest BCUT2D eigenvalue weighted by atomic mass is 16.5. The van der Waals surface area contributed by atoms with Crippen LogP contribution in [0.25, 0.3) is 0 Å². The number of benzene rings is 1. The van der Waals surface area contributed by atoms with E-state index in [1.807, 2.05) is 12.1 Å². The molecule has 17 heavy (non-hydrogen) atoms. The fourth-order valence-electron chi connectivity index (χ4n) is 1.41. The highest BCUT2D eigenvalue weighted by Crippen LogP contribution is 2.22. The van der Waals surface area contributed by atoms with E-state index in [0.717, 1.165) is 18.5 Å². The van der Waals surface area contributed by atoms with Crippen LogP contribution in [0, 0.1) is 0 Å². The van der Waals surface area contributed by atoms with E-state index in [9.17, 15) is 5.11 Å². The van der Waals surface area contributed by atoms with Gasteiger partial charge in [0.15, 0.2) is 0 Å². The van der Waals surface area contributed by atoms with Gasteiger partial charge in [0.05, 0.1) is 20.0 Å². The van der Waals surface area contributed by atoms with Crippen LogP contribution in [0.3, 0.4) is 0 Å². The van der Waals surface area contributed by atoms with Crippen LogP contribution in [-0.4, -0.2) is 25.4 Å². The van der Waals surface area contributed by atoms with E-state index >= 15 is 0 Å². The zero-order valence-electron chi connectivity index (χ0n) is 10.1. The first-order valence-electron chi connectivity index (χ1n) is 5.57. The lowest BCUT2D eigenvalue weighted by Crippen LogP contribution is -2.16. The van der Waals surface area contributed by atoms with E-state index in [1.54, 1.807) is 13.2 Å². The second-order valence-corrected chi connectivity index (χ2v) is 3.56. The van der Waals surface area contributed by atoms with Crippen molar-refractivity contribution < 1.29 is 14.6 Å². The quantitative estimate of drug-likeness (QED) is 0.536. The smallest absolute Gasteiger partial charge is 0.123 e. The summed E-state index contributed by atoms with van der Waals surface area (Å²) in [5.41, 5.74) is 0.857. The number of phenolic OH excluding ortho intramolecular Hbond substituents is 1. The summed E-state index contributed by atoms with van der Waals surface area (Å²) in [6.45, 7) is 5.59. The van der Waals surface area contributed by atoms with Gasteiger partial charge in [0.25, 0.3) is 0 Å². The molecule has 1 aromatic carbocycles. The molecule has 0 saturated carbocycles. The van der Waals surface area contributed by atoms with Crippen molar-refractivity contribution in [3.63, 3.8) is 0 Å². The van der Waals surface area contributed by atoms with Crippen molar-refractivity contribution >= 4 is 0 Å². The normalized spacial score (nSPS) is 9.94. The minimum absolute atomic E-state index is 0.249. The van der Waals surface area contributed by atoms with Crippen molar-refractivity contribution in [3.8, 4) is 11.5 Å². The van der Waals surface area contributed by atoms with Crippen molar-refractivity contribution in [3.05, 3.63) is 36.6 Å². The predicted octanol–water partition coefficient (Wildman–Crippen LogP) is 2.04. The van der Waals surface area contributed by atoms with Crippen LogP contribution in [0.5, 0.6) is 11.5 Å². The summed E-state index contributed by atoms with van der Waals surface area (Å²) in [4.78, 5) is 0. The molecular weight excluding hydrogens is 218 g/mol. The molecule has 0 aliphatic carbocycles. The molecule has 4 heteroatoms. The molecule has 0 heterocycles. The molecule has 0 aromatic heterocycles. The van der Waals surface area contributed by atoms with Gasteiger partial charge >= 0.3 is 0 Å². The summed E-state index contributed by atoms with van der Waals surface area (Å²) in [5, 5.41) is 12.9. The molecule has 0 fully saturated rings. The molecule has 0 radical (unpaired) electrons. The van der Waals surface area contributed by atoms with E-state index in [0.29, 0.717) is 18.9 Å². The molecular formula is C13H19NO3. The molecule has 1 aromatic rings. The van der Waals surface area contributed by atoms with Gasteiger partial charge < -0.3 is 19.9 Å². The fourth-order valence-corrected chi connectivity index (χ4v) is 1.41. The van der Waals surface area contributed by atoms with Crippen LogP contribution in [-0.2, 0) is 11.3 Å². The van der Waals surface area contributed by atoms with Crippen LogP contribution < -0.4 is 10.1 Å². The van der Waals surface area contributed by atoms with E-state index in [-0.39, 0.29) is 5.75 Å². The summed E-state index contributed by atoms with van der Waals surface area (Å²) in [6.07, 6.45) is 2.35. The highest BCUT2D eigenvalue weighted by Gasteiger charge is 2.02. The standard InChI is InChI=1S/C13H19NO3/c1-3-17-8-4-7-14-10-11-5-6-12(16-2)9-13(11)15/h3,5-6,9,14-15H,1,4,7-8,10H2,2H3. The number of rotatable bonds is 8. The van der Waals surface area contributed by atoms with Crippen molar-refractivity contribution in [2.75, 3.05) is 20.3 Å². The maximum atomic E-state index is 9.71. The Labute approximate surface area is 102 Å². The SMILES string of the molecule is C=COCCCNCc1ccc(OC)cc1O. The lowest BCUT2D eigenvalue weighted by molar-refractivity contribution is 0.244. The average Bonchev–Trinajstić information content (AvgIpc) is 2.35. The summed E-state index contributed by atoms with van der Waals surface area (Å²) in [6, 6.07) is 5.29. The third kappa shape index (κ3) is 4.78. The maximum Gasteiger partial charge on any atom is 0.123 e. The Morgan fingerprint density at radius 3 is 2.94 bits per heavy atom. The number of hydrogen-bond donors (Lipinski definition) is 2. The Kier molecular flexibility index (Phi) is 5.96. The molecule has 0 spiro atoms. The molecule has 0 atom stereocenters. The minimum atomic E-state index is 0.249. The van der Waals surface area contributed by atoms with Crippen LogP contribution in [0.2, 0.25) is 0 Å². The van der Waals surface area contributed by atoms with Crippen molar-refractivity contribution in [1.29, 1.82) is 0 Å². The Balaban J connectivity index is 2.29. The molecule has 0 unspecified atom stereocenters. The fraction of sp³-hybridized carbons (Fsp3) is 0.385. The number of methoxy groups -OCH3 is 1. The Bertz CT molecular complexity index is 353. The van der Waals surface area contributed by atoms with Gasteiger partial charge in [-0.05, 0) is 19.0 Å². The number of hydrogen-bond acceptors (Lipinski definition) is 4. The highest BCUT2D eigenvalue weighted by molar-refractivity contribution is 5.39. The summed E-state index contributed by atoms with van der Waals surface area (Å²) < 4.78 is 10.0. The minimum Gasteiger partial charge on any atom is -0.507 e. The van der Waals surface area contributed by atoms with E-state index < -0.39 is 0 Å². The van der Waals surface area contributed by atoms with Gasteiger partial charge in [0.2, 0.25) is 0 Å². The maximum absolute atomic E-state index is 9.71. The number of nitrogens with one attached hydrogen (secondary N) is 1.